The predicted molar refractivity (Wildman–Crippen MR) is 104 cm³/mol. The van der Waals surface area contributed by atoms with Crippen molar-refractivity contribution in [3.63, 3.8) is 0 Å². The van der Waals surface area contributed by atoms with Crippen LogP contribution in [0.25, 0.3) is 11.5 Å². The Hall–Kier alpha value is -3.15. The molecule has 6 heteroatoms. The van der Waals surface area contributed by atoms with Crippen LogP contribution in [0.3, 0.4) is 0 Å². The second-order valence-corrected chi connectivity index (χ2v) is 7.41. The molecular weight excluding hydrogens is 355 g/mol. The van der Waals surface area contributed by atoms with Crippen LogP contribution >= 0.6 is 0 Å². The molecule has 2 aromatic heterocycles. The highest BCUT2D eigenvalue weighted by Crippen LogP contribution is 2.26. The van der Waals surface area contributed by atoms with Gasteiger partial charge >= 0.3 is 0 Å². The SMILES string of the molecule is CC(C)(F)c1ccc(C(=O)N2CCc3nc(-c4ccccn4)ncc3C2)cc1. The summed E-state index contributed by atoms with van der Waals surface area (Å²) in [6.45, 7) is 4.06. The van der Waals surface area contributed by atoms with E-state index in [0.29, 0.717) is 36.5 Å². The third kappa shape index (κ3) is 3.63. The molecule has 5 nitrogen and oxygen atoms in total. The molecule has 0 saturated heterocycles. The molecule has 0 bridgehead atoms. The lowest BCUT2D eigenvalue weighted by atomic mass is 9.98. The van der Waals surface area contributed by atoms with Crippen LogP contribution < -0.4 is 0 Å². The van der Waals surface area contributed by atoms with Gasteiger partial charge in [0.2, 0.25) is 0 Å². The number of alkyl halides is 1. The van der Waals surface area contributed by atoms with Crippen molar-refractivity contribution in [2.45, 2.75) is 32.5 Å². The molecule has 1 aliphatic heterocycles. The van der Waals surface area contributed by atoms with E-state index in [0.717, 1.165) is 17.0 Å². The highest BCUT2D eigenvalue weighted by Gasteiger charge is 2.24. The third-order valence-corrected chi connectivity index (χ3v) is 4.93. The molecule has 0 saturated carbocycles. The van der Waals surface area contributed by atoms with Gasteiger partial charge < -0.3 is 4.90 Å². The zero-order chi connectivity index (χ0) is 19.7. The van der Waals surface area contributed by atoms with Gasteiger partial charge in [0, 0.05) is 43.0 Å². The number of amides is 1. The number of hydrogen-bond donors (Lipinski definition) is 0. The Morgan fingerprint density at radius 2 is 1.89 bits per heavy atom. The van der Waals surface area contributed by atoms with E-state index in [2.05, 4.69) is 15.0 Å². The summed E-state index contributed by atoms with van der Waals surface area (Å²) in [4.78, 5) is 28.0. The number of hydrogen-bond acceptors (Lipinski definition) is 4. The first-order chi connectivity index (χ1) is 13.4. The van der Waals surface area contributed by atoms with E-state index in [1.54, 1.807) is 41.6 Å². The summed E-state index contributed by atoms with van der Waals surface area (Å²) in [5.74, 6) is 0.534. The minimum atomic E-state index is -1.42. The number of aromatic nitrogens is 3. The lowest BCUT2D eigenvalue weighted by Gasteiger charge is -2.28. The first-order valence-corrected chi connectivity index (χ1v) is 9.27. The van der Waals surface area contributed by atoms with Gasteiger partial charge in [-0.05, 0) is 43.7 Å². The number of fused-ring (bicyclic) bond motifs is 1. The molecular formula is C22H21FN4O. The fourth-order valence-corrected chi connectivity index (χ4v) is 3.30. The lowest BCUT2D eigenvalue weighted by Crippen LogP contribution is -2.36. The third-order valence-electron chi connectivity index (χ3n) is 4.93. The van der Waals surface area contributed by atoms with Crippen molar-refractivity contribution < 1.29 is 9.18 Å². The monoisotopic (exact) mass is 376 g/mol. The highest BCUT2D eigenvalue weighted by molar-refractivity contribution is 5.94. The molecule has 0 N–H and O–H groups in total. The summed E-state index contributed by atoms with van der Waals surface area (Å²) < 4.78 is 14.0. The van der Waals surface area contributed by atoms with Crippen LogP contribution in [0.4, 0.5) is 4.39 Å². The molecule has 0 spiro atoms. The van der Waals surface area contributed by atoms with Gasteiger partial charge in [-0.3, -0.25) is 9.78 Å². The fourth-order valence-electron chi connectivity index (χ4n) is 3.30. The summed E-state index contributed by atoms with van der Waals surface area (Å²) in [5, 5.41) is 0. The smallest absolute Gasteiger partial charge is 0.254 e. The molecule has 1 aromatic carbocycles. The van der Waals surface area contributed by atoms with E-state index in [4.69, 9.17) is 0 Å². The lowest BCUT2D eigenvalue weighted by molar-refractivity contribution is 0.0733. The quantitative estimate of drug-likeness (QED) is 0.695. The summed E-state index contributed by atoms with van der Waals surface area (Å²) in [6, 6.07) is 12.4. The molecule has 0 radical (unpaired) electrons. The largest absolute Gasteiger partial charge is 0.334 e. The molecule has 1 amide bonds. The molecule has 0 aliphatic carbocycles. The zero-order valence-corrected chi connectivity index (χ0v) is 15.9. The molecule has 0 fully saturated rings. The van der Waals surface area contributed by atoms with Crippen molar-refractivity contribution in [2.75, 3.05) is 6.54 Å². The second-order valence-electron chi connectivity index (χ2n) is 7.41. The fraction of sp³-hybridized carbons (Fsp3) is 0.273. The van der Waals surface area contributed by atoms with Gasteiger partial charge in [0.05, 0.1) is 5.69 Å². The number of halogens is 1. The van der Waals surface area contributed by atoms with Gasteiger partial charge in [-0.25, -0.2) is 14.4 Å². The van der Waals surface area contributed by atoms with E-state index in [1.807, 2.05) is 18.2 Å². The standard InChI is InChI=1S/C22H21FN4O/c1-22(2,23)17-8-6-15(7-9-17)21(28)27-12-10-18-16(14-27)13-25-20(26-18)19-5-3-4-11-24-19/h3-9,11,13H,10,12,14H2,1-2H3. The van der Waals surface area contributed by atoms with E-state index >= 15 is 0 Å². The minimum absolute atomic E-state index is 0.0670. The molecule has 0 atom stereocenters. The van der Waals surface area contributed by atoms with Crippen LogP contribution in [0, 0.1) is 0 Å². The van der Waals surface area contributed by atoms with Crippen LogP contribution in [0.1, 0.15) is 41.0 Å². The number of pyridine rings is 1. The zero-order valence-electron chi connectivity index (χ0n) is 15.9. The molecule has 3 heterocycles. The average molecular weight is 376 g/mol. The van der Waals surface area contributed by atoms with Crippen molar-refractivity contribution in [3.05, 3.63) is 77.2 Å². The maximum absolute atomic E-state index is 14.0. The Labute approximate surface area is 163 Å². The van der Waals surface area contributed by atoms with Crippen molar-refractivity contribution >= 4 is 5.91 Å². The Morgan fingerprint density at radius 1 is 1.11 bits per heavy atom. The Balaban J connectivity index is 1.51. The molecule has 1 aliphatic rings. The molecule has 0 unspecified atom stereocenters. The number of benzene rings is 1. The van der Waals surface area contributed by atoms with Gasteiger partial charge in [0.1, 0.15) is 11.4 Å². The molecule has 142 valence electrons. The van der Waals surface area contributed by atoms with E-state index in [1.165, 1.54) is 13.8 Å². The van der Waals surface area contributed by atoms with Gasteiger partial charge in [0.15, 0.2) is 5.82 Å². The van der Waals surface area contributed by atoms with Crippen molar-refractivity contribution in [1.29, 1.82) is 0 Å². The molecule has 3 aromatic rings. The van der Waals surface area contributed by atoms with Crippen LogP contribution in [-0.2, 0) is 18.6 Å². The summed E-state index contributed by atoms with van der Waals surface area (Å²) >= 11 is 0. The Bertz CT molecular complexity index is 997. The van der Waals surface area contributed by atoms with E-state index < -0.39 is 5.67 Å². The van der Waals surface area contributed by atoms with Crippen molar-refractivity contribution in [2.24, 2.45) is 0 Å². The first-order valence-electron chi connectivity index (χ1n) is 9.27. The average Bonchev–Trinajstić information content (AvgIpc) is 2.72. The van der Waals surface area contributed by atoms with Crippen LogP contribution in [0.15, 0.2) is 54.9 Å². The van der Waals surface area contributed by atoms with E-state index in [-0.39, 0.29) is 5.91 Å². The van der Waals surface area contributed by atoms with E-state index in [9.17, 15) is 9.18 Å². The van der Waals surface area contributed by atoms with Crippen molar-refractivity contribution in [1.82, 2.24) is 19.9 Å². The Kier molecular flexibility index (Phi) is 4.63. The first kappa shape index (κ1) is 18.2. The molecule has 4 rings (SSSR count). The van der Waals surface area contributed by atoms with Gasteiger partial charge in [-0.1, -0.05) is 18.2 Å². The van der Waals surface area contributed by atoms with Gasteiger partial charge in [0.25, 0.3) is 5.91 Å². The van der Waals surface area contributed by atoms with Crippen molar-refractivity contribution in [3.8, 4) is 11.5 Å². The molecule has 28 heavy (non-hydrogen) atoms. The number of nitrogens with zero attached hydrogens (tertiary/aromatic N) is 4. The predicted octanol–water partition coefficient (Wildman–Crippen LogP) is 3.94. The van der Waals surface area contributed by atoms with Gasteiger partial charge in [-0.2, -0.15) is 0 Å². The normalized spacial score (nSPS) is 13.9. The topological polar surface area (TPSA) is 59.0 Å². The number of carbonyl (C=O) groups excluding carboxylic acids is 1. The maximum Gasteiger partial charge on any atom is 0.254 e. The van der Waals surface area contributed by atoms with Crippen LogP contribution in [0.2, 0.25) is 0 Å². The minimum Gasteiger partial charge on any atom is -0.334 e. The summed E-state index contributed by atoms with van der Waals surface area (Å²) in [7, 11) is 0. The van der Waals surface area contributed by atoms with Crippen LogP contribution in [-0.4, -0.2) is 32.3 Å². The number of carbonyl (C=O) groups is 1. The van der Waals surface area contributed by atoms with Gasteiger partial charge in [-0.15, -0.1) is 0 Å². The summed E-state index contributed by atoms with van der Waals surface area (Å²) in [6.07, 6.45) is 4.16. The maximum atomic E-state index is 14.0. The second kappa shape index (κ2) is 7.11. The Morgan fingerprint density at radius 3 is 2.57 bits per heavy atom. The summed E-state index contributed by atoms with van der Waals surface area (Å²) in [5.41, 5.74) is 2.33. The highest BCUT2D eigenvalue weighted by atomic mass is 19.1. The number of rotatable bonds is 3. The van der Waals surface area contributed by atoms with Crippen LogP contribution in [0.5, 0.6) is 0 Å².